The first-order valence-corrected chi connectivity index (χ1v) is 21.2. The summed E-state index contributed by atoms with van der Waals surface area (Å²) < 4.78 is 0. The molecule has 0 fully saturated rings. The molecule has 0 atom stereocenters. The number of benzene rings is 5. The molecule has 0 unspecified atom stereocenters. The third-order valence-electron chi connectivity index (χ3n) is 11.9. The molecule has 5 aromatic carbocycles. The van der Waals surface area contributed by atoms with Crippen molar-refractivity contribution >= 4 is 0 Å². The van der Waals surface area contributed by atoms with Gasteiger partial charge < -0.3 is 0 Å². The zero-order valence-electron chi connectivity index (χ0n) is 33.7. The first-order valence-electron chi connectivity index (χ1n) is 21.2. The largest absolute Gasteiger partial charge is 0.208 e. The Balaban J connectivity index is 1.23. The number of nitrogens with zero attached hydrogens (tertiary/aromatic N) is 3. The molecule has 0 N–H and O–H groups in total. The van der Waals surface area contributed by atoms with E-state index in [0.717, 1.165) is 16.7 Å². The Morgan fingerprint density at radius 2 is 0.800 bits per heavy atom. The first-order chi connectivity index (χ1) is 27.0. The van der Waals surface area contributed by atoms with E-state index < -0.39 is 0 Å². The molecule has 3 heteroatoms. The van der Waals surface area contributed by atoms with Gasteiger partial charge in [-0.1, -0.05) is 211 Å². The second-order valence-electron chi connectivity index (χ2n) is 16.0. The predicted molar refractivity (Wildman–Crippen MR) is 233 cm³/mol. The van der Waals surface area contributed by atoms with E-state index in [1.807, 2.05) is 18.2 Å². The molecule has 0 saturated heterocycles. The zero-order chi connectivity index (χ0) is 38.0. The van der Waals surface area contributed by atoms with E-state index in [-0.39, 0.29) is 5.41 Å². The molecule has 1 aliphatic carbocycles. The van der Waals surface area contributed by atoms with Crippen LogP contribution in [0.25, 0.3) is 56.4 Å². The Bertz CT molecular complexity index is 2130. The van der Waals surface area contributed by atoms with Crippen LogP contribution in [0.15, 0.2) is 115 Å². The highest BCUT2D eigenvalue weighted by Crippen LogP contribution is 2.55. The predicted octanol–water partition coefficient (Wildman–Crippen LogP) is 14.9. The van der Waals surface area contributed by atoms with Gasteiger partial charge in [-0.2, -0.15) is 0 Å². The molecule has 7 rings (SSSR count). The molecule has 1 aromatic heterocycles. The molecule has 3 nitrogen and oxygen atoms in total. The first kappa shape index (κ1) is 38.4. The monoisotopic (exact) mass is 725 g/mol. The standard InChI is InChI=1S/C52H59N3/c1-5-7-9-11-13-18-34-52(35-19-14-12-10-8-6-2)47-36-39(4)24-32-45(47)46-33-31-44(37-48(46)52)40-27-29-43(30-28-40)51-54-49(41-20-16-15-17-21-41)53-50(55-51)42-25-22-38(3)23-26-42/h15-17,20-33,36-37H,5-14,18-19,34-35H2,1-4H3. The fraction of sp³-hybridized carbons (Fsp3) is 0.365. The number of rotatable bonds is 18. The number of hydrogen-bond donors (Lipinski definition) is 0. The minimum atomic E-state index is 0.0627. The fourth-order valence-corrected chi connectivity index (χ4v) is 8.73. The second kappa shape index (κ2) is 18.2. The van der Waals surface area contributed by atoms with Crippen molar-refractivity contribution in [3.63, 3.8) is 0 Å². The lowest BCUT2D eigenvalue weighted by atomic mass is 9.70. The lowest BCUT2D eigenvalue weighted by Gasteiger charge is -2.33. The third-order valence-corrected chi connectivity index (χ3v) is 11.9. The summed E-state index contributed by atoms with van der Waals surface area (Å²) in [5.74, 6) is 2.06. The Morgan fingerprint density at radius 1 is 0.382 bits per heavy atom. The average molecular weight is 726 g/mol. The van der Waals surface area contributed by atoms with E-state index >= 15 is 0 Å². The summed E-state index contributed by atoms with van der Waals surface area (Å²) in [6.45, 7) is 9.00. The number of unbranched alkanes of at least 4 members (excludes halogenated alkanes) is 10. The van der Waals surface area contributed by atoms with Crippen molar-refractivity contribution in [3.05, 3.63) is 138 Å². The summed E-state index contributed by atoms with van der Waals surface area (Å²) in [5, 5.41) is 0. The van der Waals surface area contributed by atoms with Crippen molar-refractivity contribution in [2.24, 2.45) is 0 Å². The van der Waals surface area contributed by atoms with Crippen LogP contribution in [0.3, 0.4) is 0 Å². The van der Waals surface area contributed by atoms with Gasteiger partial charge in [-0.3, -0.25) is 0 Å². The van der Waals surface area contributed by atoms with E-state index in [0.29, 0.717) is 17.5 Å². The maximum absolute atomic E-state index is 5.01. The lowest BCUT2D eigenvalue weighted by Crippen LogP contribution is -2.25. The highest BCUT2D eigenvalue weighted by molar-refractivity contribution is 5.84. The minimum Gasteiger partial charge on any atom is -0.208 e. The van der Waals surface area contributed by atoms with E-state index in [1.165, 1.54) is 123 Å². The maximum atomic E-state index is 5.01. The summed E-state index contributed by atoms with van der Waals surface area (Å²) in [7, 11) is 0. The summed E-state index contributed by atoms with van der Waals surface area (Å²) >= 11 is 0. The lowest BCUT2D eigenvalue weighted by molar-refractivity contribution is 0.398. The van der Waals surface area contributed by atoms with Gasteiger partial charge in [-0.15, -0.1) is 0 Å². The van der Waals surface area contributed by atoms with Crippen LogP contribution in [0.5, 0.6) is 0 Å². The summed E-state index contributed by atoms with van der Waals surface area (Å²) in [6, 6.07) is 42.1. The normalized spacial score (nSPS) is 12.8. The van der Waals surface area contributed by atoms with Gasteiger partial charge in [0, 0.05) is 22.1 Å². The molecule has 1 heterocycles. The Kier molecular flexibility index (Phi) is 12.7. The molecule has 0 aliphatic heterocycles. The smallest absolute Gasteiger partial charge is 0.164 e. The van der Waals surface area contributed by atoms with E-state index in [4.69, 9.17) is 15.0 Å². The molecule has 1 aliphatic rings. The van der Waals surface area contributed by atoms with Crippen molar-refractivity contribution in [1.29, 1.82) is 0 Å². The van der Waals surface area contributed by atoms with Crippen LogP contribution in [0.4, 0.5) is 0 Å². The van der Waals surface area contributed by atoms with Gasteiger partial charge >= 0.3 is 0 Å². The Morgan fingerprint density at radius 3 is 1.36 bits per heavy atom. The Labute approximate surface area is 330 Å². The maximum Gasteiger partial charge on any atom is 0.164 e. The molecule has 55 heavy (non-hydrogen) atoms. The van der Waals surface area contributed by atoms with Gasteiger partial charge in [-0.05, 0) is 66.1 Å². The highest BCUT2D eigenvalue weighted by atomic mass is 15.0. The van der Waals surface area contributed by atoms with Crippen molar-refractivity contribution in [3.8, 4) is 56.4 Å². The minimum absolute atomic E-state index is 0.0627. The number of aromatic nitrogens is 3. The summed E-state index contributed by atoms with van der Waals surface area (Å²) in [5.41, 5.74) is 14.1. The van der Waals surface area contributed by atoms with Gasteiger partial charge in [0.2, 0.25) is 0 Å². The van der Waals surface area contributed by atoms with Crippen LogP contribution in [0.2, 0.25) is 0 Å². The van der Waals surface area contributed by atoms with Gasteiger partial charge in [0.1, 0.15) is 0 Å². The second-order valence-corrected chi connectivity index (χ2v) is 16.0. The van der Waals surface area contributed by atoms with Gasteiger partial charge in [0.05, 0.1) is 0 Å². The SMILES string of the molecule is CCCCCCCCC1(CCCCCCCC)c2cc(C)ccc2-c2ccc(-c3ccc(-c4nc(-c5ccccc5)nc(-c5ccc(C)cc5)n4)cc3)cc21. The molecule has 6 aromatic rings. The van der Waals surface area contributed by atoms with E-state index in [2.05, 4.69) is 125 Å². The molecule has 0 amide bonds. The molecule has 282 valence electrons. The average Bonchev–Trinajstić information content (AvgIpc) is 3.48. The third kappa shape index (κ3) is 8.83. The zero-order valence-corrected chi connectivity index (χ0v) is 33.7. The Hall–Kier alpha value is -4.89. The number of aryl methyl sites for hydroxylation is 2. The van der Waals surface area contributed by atoms with Crippen LogP contribution < -0.4 is 0 Å². The van der Waals surface area contributed by atoms with Crippen LogP contribution in [-0.2, 0) is 5.41 Å². The van der Waals surface area contributed by atoms with Crippen LogP contribution in [-0.4, -0.2) is 15.0 Å². The number of fused-ring (bicyclic) bond motifs is 3. The van der Waals surface area contributed by atoms with Crippen LogP contribution in [0.1, 0.15) is 126 Å². The molecule has 0 bridgehead atoms. The number of hydrogen-bond acceptors (Lipinski definition) is 3. The molecular weight excluding hydrogens is 667 g/mol. The van der Waals surface area contributed by atoms with Crippen molar-refractivity contribution in [2.75, 3.05) is 0 Å². The molecule has 0 radical (unpaired) electrons. The van der Waals surface area contributed by atoms with Gasteiger partial charge in [0.15, 0.2) is 17.5 Å². The van der Waals surface area contributed by atoms with Crippen molar-refractivity contribution < 1.29 is 0 Å². The topological polar surface area (TPSA) is 38.7 Å². The van der Waals surface area contributed by atoms with Gasteiger partial charge in [0.25, 0.3) is 0 Å². The fourth-order valence-electron chi connectivity index (χ4n) is 8.73. The van der Waals surface area contributed by atoms with Gasteiger partial charge in [-0.25, -0.2) is 15.0 Å². The van der Waals surface area contributed by atoms with E-state index in [1.54, 1.807) is 11.1 Å². The molecule has 0 saturated carbocycles. The quantitative estimate of drug-likeness (QED) is 0.0828. The summed E-state index contributed by atoms with van der Waals surface area (Å²) in [6.07, 6.45) is 18.4. The van der Waals surface area contributed by atoms with Crippen molar-refractivity contribution in [1.82, 2.24) is 15.0 Å². The molecular formula is C52H59N3. The van der Waals surface area contributed by atoms with E-state index in [9.17, 15) is 0 Å². The summed E-state index contributed by atoms with van der Waals surface area (Å²) in [4.78, 5) is 14.9. The van der Waals surface area contributed by atoms with Crippen LogP contribution >= 0.6 is 0 Å². The highest BCUT2D eigenvalue weighted by Gasteiger charge is 2.42. The van der Waals surface area contributed by atoms with Crippen molar-refractivity contribution in [2.45, 2.75) is 123 Å². The van der Waals surface area contributed by atoms with Crippen LogP contribution in [0, 0.1) is 13.8 Å². The molecule has 0 spiro atoms.